The van der Waals surface area contributed by atoms with Gasteiger partial charge >= 0.3 is 5.97 Å². The van der Waals surface area contributed by atoms with Gasteiger partial charge in [0.15, 0.2) is 0 Å². The highest BCUT2D eigenvalue weighted by Gasteiger charge is 2.21. The predicted octanol–water partition coefficient (Wildman–Crippen LogP) is 1.88. The van der Waals surface area contributed by atoms with E-state index >= 15 is 0 Å². The zero-order valence-electron chi connectivity index (χ0n) is 13.2. The van der Waals surface area contributed by atoms with Crippen molar-refractivity contribution in [2.45, 2.75) is 20.5 Å². The molecule has 122 valence electrons. The zero-order chi connectivity index (χ0) is 16.2. The first-order valence-corrected chi connectivity index (χ1v) is 7.53. The summed E-state index contributed by atoms with van der Waals surface area (Å²) in [4.78, 5) is 18.8. The number of morpholine rings is 1. The first-order valence-electron chi connectivity index (χ1n) is 7.53. The summed E-state index contributed by atoms with van der Waals surface area (Å²) in [7, 11) is 0. The van der Waals surface area contributed by atoms with Crippen molar-refractivity contribution in [2.24, 2.45) is 0 Å². The molecule has 7 heteroatoms. The number of carbonyl (C=O) groups is 1. The molecule has 0 atom stereocenters. The minimum absolute atomic E-state index is 0.136. The van der Waals surface area contributed by atoms with Gasteiger partial charge in [0.1, 0.15) is 23.7 Å². The number of nitrogens with zero attached hydrogens (tertiary/aromatic N) is 3. The standard InChI is InChI=1S/C16H19N3O4/c1-11-14(12(2)23-18-11)10-22-16(20)13-4-3-5-17-15(13)19-6-8-21-9-7-19/h3-5H,6-10H2,1-2H3. The van der Waals surface area contributed by atoms with Gasteiger partial charge in [0.2, 0.25) is 0 Å². The van der Waals surface area contributed by atoms with Gasteiger partial charge in [-0.25, -0.2) is 9.78 Å². The quantitative estimate of drug-likeness (QED) is 0.797. The summed E-state index contributed by atoms with van der Waals surface area (Å²) < 4.78 is 15.8. The Morgan fingerprint density at radius 2 is 2.13 bits per heavy atom. The molecule has 0 unspecified atom stereocenters. The molecule has 1 fully saturated rings. The van der Waals surface area contributed by atoms with Crippen LogP contribution in [0.2, 0.25) is 0 Å². The third kappa shape index (κ3) is 3.34. The Kier molecular flexibility index (Phi) is 4.57. The average Bonchev–Trinajstić information content (AvgIpc) is 2.92. The Balaban J connectivity index is 1.74. The van der Waals surface area contributed by atoms with Crippen LogP contribution in [0.25, 0.3) is 0 Å². The lowest BCUT2D eigenvalue weighted by Crippen LogP contribution is -2.37. The van der Waals surface area contributed by atoms with Crippen LogP contribution in [0.5, 0.6) is 0 Å². The Hall–Kier alpha value is -2.41. The second-order valence-electron chi connectivity index (χ2n) is 5.35. The summed E-state index contributed by atoms with van der Waals surface area (Å²) in [5.74, 6) is 0.897. The molecule has 0 N–H and O–H groups in total. The number of anilines is 1. The first-order chi connectivity index (χ1) is 11.2. The predicted molar refractivity (Wildman–Crippen MR) is 82.4 cm³/mol. The number of rotatable bonds is 4. The third-order valence-electron chi connectivity index (χ3n) is 3.85. The van der Waals surface area contributed by atoms with Gasteiger partial charge in [-0.15, -0.1) is 0 Å². The fourth-order valence-electron chi connectivity index (χ4n) is 2.51. The summed E-state index contributed by atoms with van der Waals surface area (Å²) in [6, 6.07) is 3.46. The van der Waals surface area contributed by atoms with Crippen molar-refractivity contribution in [1.29, 1.82) is 0 Å². The van der Waals surface area contributed by atoms with Crippen LogP contribution < -0.4 is 4.90 Å². The molecule has 0 saturated carbocycles. The second-order valence-corrected chi connectivity index (χ2v) is 5.35. The molecule has 0 amide bonds. The van der Waals surface area contributed by atoms with Gasteiger partial charge in [-0.2, -0.15) is 0 Å². The van der Waals surface area contributed by atoms with E-state index in [9.17, 15) is 4.79 Å². The largest absolute Gasteiger partial charge is 0.457 e. The molecule has 23 heavy (non-hydrogen) atoms. The molecule has 3 rings (SSSR count). The molecule has 0 spiro atoms. The van der Waals surface area contributed by atoms with E-state index in [0.29, 0.717) is 43.4 Å². The number of carbonyl (C=O) groups excluding carboxylic acids is 1. The van der Waals surface area contributed by atoms with Crippen molar-refractivity contribution in [3.05, 3.63) is 40.9 Å². The van der Waals surface area contributed by atoms with Crippen molar-refractivity contribution in [2.75, 3.05) is 31.2 Å². The van der Waals surface area contributed by atoms with Gasteiger partial charge in [0, 0.05) is 19.3 Å². The smallest absolute Gasteiger partial charge is 0.342 e. The van der Waals surface area contributed by atoms with E-state index in [4.69, 9.17) is 14.0 Å². The minimum atomic E-state index is -0.403. The molecule has 0 bridgehead atoms. The fraction of sp³-hybridized carbons (Fsp3) is 0.438. The SMILES string of the molecule is Cc1noc(C)c1COC(=O)c1cccnc1N1CCOCC1. The van der Waals surface area contributed by atoms with E-state index in [0.717, 1.165) is 11.3 Å². The molecule has 0 radical (unpaired) electrons. The summed E-state index contributed by atoms with van der Waals surface area (Å²) in [5, 5.41) is 3.86. The Morgan fingerprint density at radius 1 is 1.35 bits per heavy atom. The average molecular weight is 317 g/mol. The fourth-order valence-corrected chi connectivity index (χ4v) is 2.51. The number of ether oxygens (including phenoxy) is 2. The van der Waals surface area contributed by atoms with Crippen LogP contribution in [0.1, 0.15) is 27.4 Å². The number of aromatic nitrogens is 2. The minimum Gasteiger partial charge on any atom is -0.457 e. The number of aryl methyl sites for hydroxylation is 2. The molecule has 0 aliphatic carbocycles. The molecule has 0 aromatic carbocycles. The lowest BCUT2D eigenvalue weighted by molar-refractivity contribution is 0.0470. The van der Waals surface area contributed by atoms with Gasteiger partial charge < -0.3 is 18.9 Å². The summed E-state index contributed by atoms with van der Waals surface area (Å²) in [6.45, 7) is 6.43. The van der Waals surface area contributed by atoms with E-state index < -0.39 is 5.97 Å². The number of esters is 1. The van der Waals surface area contributed by atoms with Crippen molar-refractivity contribution in [3.63, 3.8) is 0 Å². The van der Waals surface area contributed by atoms with E-state index in [1.807, 2.05) is 11.8 Å². The Morgan fingerprint density at radius 3 is 2.83 bits per heavy atom. The third-order valence-corrected chi connectivity index (χ3v) is 3.85. The lowest BCUT2D eigenvalue weighted by atomic mass is 10.2. The van der Waals surface area contributed by atoms with E-state index in [-0.39, 0.29) is 6.61 Å². The number of hydrogen-bond donors (Lipinski definition) is 0. The van der Waals surface area contributed by atoms with Gasteiger partial charge in [-0.1, -0.05) is 5.16 Å². The van der Waals surface area contributed by atoms with E-state index in [2.05, 4.69) is 10.1 Å². The topological polar surface area (TPSA) is 77.7 Å². The lowest BCUT2D eigenvalue weighted by Gasteiger charge is -2.28. The highest BCUT2D eigenvalue weighted by atomic mass is 16.5. The monoisotopic (exact) mass is 317 g/mol. The normalized spacial score (nSPS) is 14.8. The number of pyridine rings is 1. The molecule has 7 nitrogen and oxygen atoms in total. The highest BCUT2D eigenvalue weighted by molar-refractivity contribution is 5.94. The summed E-state index contributed by atoms with van der Waals surface area (Å²) >= 11 is 0. The van der Waals surface area contributed by atoms with Crippen LogP contribution >= 0.6 is 0 Å². The van der Waals surface area contributed by atoms with Gasteiger partial charge in [0.05, 0.1) is 24.5 Å². The molecule has 2 aromatic heterocycles. The van der Waals surface area contributed by atoms with Crippen molar-refractivity contribution in [1.82, 2.24) is 10.1 Å². The van der Waals surface area contributed by atoms with Crippen LogP contribution in [0.4, 0.5) is 5.82 Å². The summed E-state index contributed by atoms with van der Waals surface area (Å²) in [6.07, 6.45) is 1.68. The van der Waals surface area contributed by atoms with Crippen molar-refractivity contribution in [3.8, 4) is 0 Å². The molecule has 1 aliphatic rings. The van der Waals surface area contributed by atoms with Crippen LogP contribution in [0.3, 0.4) is 0 Å². The maximum atomic E-state index is 12.5. The van der Waals surface area contributed by atoms with Crippen LogP contribution in [0, 0.1) is 13.8 Å². The zero-order valence-corrected chi connectivity index (χ0v) is 13.2. The Labute approximate surface area is 134 Å². The Bertz CT molecular complexity index is 673. The van der Waals surface area contributed by atoms with E-state index in [1.165, 1.54) is 0 Å². The highest BCUT2D eigenvalue weighted by Crippen LogP contribution is 2.21. The molecule has 1 saturated heterocycles. The molecule has 3 heterocycles. The van der Waals surface area contributed by atoms with Crippen LogP contribution in [0.15, 0.2) is 22.9 Å². The van der Waals surface area contributed by atoms with Gasteiger partial charge in [0.25, 0.3) is 0 Å². The molecule has 1 aliphatic heterocycles. The molecular formula is C16H19N3O4. The maximum Gasteiger partial charge on any atom is 0.342 e. The summed E-state index contributed by atoms with van der Waals surface area (Å²) in [5.41, 5.74) is 1.99. The number of hydrogen-bond acceptors (Lipinski definition) is 7. The van der Waals surface area contributed by atoms with Crippen LogP contribution in [-0.2, 0) is 16.1 Å². The van der Waals surface area contributed by atoms with Crippen molar-refractivity contribution < 1.29 is 18.8 Å². The van der Waals surface area contributed by atoms with E-state index in [1.54, 1.807) is 25.3 Å². The van der Waals surface area contributed by atoms with Crippen molar-refractivity contribution >= 4 is 11.8 Å². The molecule has 2 aromatic rings. The second kappa shape index (κ2) is 6.78. The first kappa shape index (κ1) is 15.5. The maximum absolute atomic E-state index is 12.5. The van der Waals surface area contributed by atoms with Gasteiger partial charge in [-0.3, -0.25) is 0 Å². The van der Waals surface area contributed by atoms with Crippen LogP contribution in [-0.4, -0.2) is 42.4 Å². The molecular weight excluding hydrogens is 298 g/mol. The van der Waals surface area contributed by atoms with Gasteiger partial charge in [-0.05, 0) is 26.0 Å².